The number of nitrogens with zero attached hydrogens (tertiary/aromatic N) is 8. The van der Waals surface area contributed by atoms with E-state index in [0.29, 0.717) is 24.1 Å². The minimum Gasteiger partial charge on any atom is -0.348 e. The van der Waals surface area contributed by atoms with E-state index < -0.39 is 0 Å². The van der Waals surface area contributed by atoms with Crippen molar-refractivity contribution in [1.29, 1.82) is 0 Å². The molecule has 1 aliphatic carbocycles. The maximum Gasteiger partial charge on any atom is 0.249 e. The van der Waals surface area contributed by atoms with E-state index in [9.17, 15) is 9.59 Å². The third-order valence-corrected chi connectivity index (χ3v) is 6.94. The molecule has 0 spiro atoms. The zero-order valence-electron chi connectivity index (χ0n) is 19.7. The van der Waals surface area contributed by atoms with Crippen LogP contribution in [0.2, 0.25) is 10.6 Å². The summed E-state index contributed by atoms with van der Waals surface area (Å²) in [4.78, 5) is 47.5. The van der Waals surface area contributed by atoms with Crippen molar-refractivity contribution in [2.75, 3.05) is 47.3 Å². The molecule has 3 aliphatic rings. The normalized spacial score (nSPS) is 20.2. The quantitative estimate of drug-likeness (QED) is 0.572. The summed E-state index contributed by atoms with van der Waals surface area (Å²) in [7, 11) is 5.28. The lowest BCUT2D eigenvalue weighted by molar-refractivity contribution is -0.120. The predicted octanol–water partition coefficient (Wildman–Crippen LogP) is 3.18. The lowest BCUT2D eigenvalue weighted by Gasteiger charge is -2.43. The molecule has 1 saturated carbocycles. The van der Waals surface area contributed by atoms with Gasteiger partial charge in [0.1, 0.15) is 17.4 Å². The Morgan fingerprint density at radius 2 is 1.47 bits per heavy atom. The maximum atomic E-state index is 12.6. The second-order valence-electron chi connectivity index (χ2n) is 8.67. The lowest BCUT2D eigenvalue weighted by atomic mass is 10.0. The van der Waals surface area contributed by atoms with E-state index in [-0.39, 0.29) is 28.4 Å². The average molecular weight is 507 g/mol. The van der Waals surface area contributed by atoms with Gasteiger partial charge in [-0.25, -0.2) is 9.97 Å². The van der Waals surface area contributed by atoms with Crippen molar-refractivity contribution < 1.29 is 9.59 Å². The van der Waals surface area contributed by atoms with Crippen molar-refractivity contribution >= 4 is 58.0 Å². The van der Waals surface area contributed by atoms with Crippen molar-refractivity contribution in [3.05, 3.63) is 23.0 Å². The number of carbonyl (C=O) groups excluding carboxylic acids is 2. The monoisotopic (exact) mass is 506 g/mol. The molecule has 0 aromatic carbocycles. The van der Waals surface area contributed by atoms with Gasteiger partial charge in [0.15, 0.2) is 11.6 Å². The molecule has 2 amide bonds. The van der Waals surface area contributed by atoms with Crippen molar-refractivity contribution in [3.63, 3.8) is 0 Å². The van der Waals surface area contributed by atoms with Crippen LogP contribution in [-0.2, 0) is 9.59 Å². The Bertz CT molecular complexity index is 1090. The largest absolute Gasteiger partial charge is 0.348 e. The van der Waals surface area contributed by atoms with Crippen molar-refractivity contribution in [2.45, 2.75) is 51.1 Å². The van der Waals surface area contributed by atoms with Gasteiger partial charge in [-0.05, 0) is 42.5 Å². The number of rotatable bonds is 2. The van der Waals surface area contributed by atoms with Gasteiger partial charge in [0.2, 0.25) is 22.4 Å². The van der Waals surface area contributed by atoms with Gasteiger partial charge in [-0.3, -0.25) is 9.59 Å². The van der Waals surface area contributed by atoms with Gasteiger partial charge in [0.05, 0.1) is 18.9 Å². The van der Waals surface area contributed by atoms with E-state index in [4.69, 9.17) is 23.2 Å². The van der Waals surface area contributed by atoms with Crippen molar-refractivity contribution in [2.24, 2.45) is 0 Å². The van der Waals surface area contributed by atoms with E-state index >= 15 is 0 Å². The summed E-state index contributed by atoms with van der Waals surface area (Å²) in [5.41, 5.74) is 1.45. The first kappa shape index (κ1) is 24.4. The molecule has 0 bridgehead atoms. The van der Waals surface area contributed by atoms with Crippen LogP contribution >= 0.6 is 23.2 Å². The van der Waals surface area contributed by atoms with Gasteiger partial charge < -0.3 is 19.6 Å². The molecule has 2 aromatic heterocycles. The molecule has 182 valence electrons. The first-order chi connectivity index (χ1) is 16.2. The SMILES string of the molecule is CC[C@@H]1C(=O)N(C)c2cnc(Cl)nc2N1C1CCCC1.CN1CC(=O)N(C)c2cnc(Cl)nc21. The van der Waals surface area contributed by atoms with E-state index in [1.807, 2.05) is 6.92 Å². The topological polar surface area (TPSA) is 98.7 Å². The van der Waals surface area contributed by atoms with Crippen molar-refractivity contribution in [3.8, 4) is 0 Å². The summed E-state index contributed by atoms with van der Waals surface area (Å²) in [5, 5.41) is 0.433. The van der Waals surface area contributed by atoms with E-state index in [1.54, 1.807) is 43.3 Å². The molecule has 2 aliphatic heterocycles. The smallest absolute Gasteiger partial charge is 0.249 e. The zero-order valence-corrected chi connectivity index (χ0v) is 21.2. The molecule has 10 nitrogen and oxygen atoms in total. The van der Waals surface area contributed by atoms with Crippen LogP contribution in [0.25, 0.3) is 0 Å². The highest BCUT2D eigenvalue weighted by Gasteiger charge is 2.41. The van der Waals surface area contributed by atoms with Crippen LogP contribution in [0.5, 0.6) is 0 Å². The predicted molar refractivity (Wildman–Crippen MR) is 133 cm³/mol. The fraction of sp³-hybridized carbons (Fsp3) is 0.545. The van der Waals surface area contributed by atoms with E-state index in [2.05, 4.69) is 24.8 Å². The second kappa shape index (κ2) is 9.87. The Hall–Kier alpha value is -2.72. The van der Waals surface area contributed by atoms with Gasteiger partial charge in [0, 0.05) is 27.2 Å². The number of likely N-dealkylation sites (N-methyl/N-ethyl adjacent to an activating group) is 3. The molecular weight excluding hydrogens is 479 g/mol. The third-order valence-electron chi connectivity index (χ3n) is 6.57. The highest BCUT2D eigenvalue weighted by Crippen LogP contribution is 2.39. The average Bonchev–Trinajstić information content (AvgIpc) is 3.34. The number of halogens is 2. The highest BCUT2D eigenvalue weighted by atomic mass is 35.5. The summed E-state index contributed by atoms with van der Waals surface area (Å²) in [6.45, 7) is 2.36. The van der Waals surface area contributed by atoms with Crippen LogP contribution < -0.4 is 19.6 Å². The Balaban J connectivity index is 0.000000172. The molecule has 0 radical (unpaired) electrons. The lowest BCUT2D eigenvalue weighted by Crippen LogP contribution is -2.55. The zero-order chi connectivity index (χ0) is 24.6. The summed E-state index contributed by atoms with van der Waals surface area (Å²) in [6.07, 6.45) is 8.66. The van der Waals surface area contributed by atoms with Crippen LogP contribution in [0.1, 0.15) is 39.0 Å². The molecule has 12 heteroatoms. The first-order valence-electron chi connectivity index (χ1n) is 11.3. The van der Waals surface area contributed by atoms with E-state index in [0.717, 1.165) is 30.8 Å². The van der Waals surface area contributed by atoms with Crippen molar-refractivity contribution in [1.82, 2.24) is 19.9 Å². The summed E-state index contributed by atoms with van der Waals surface area (Å²) in [6, 6.07) is 0.254. The van der Waals surface area contributed by atoms with Gasteiger partial charge in [0.25, 0.3) is 0 Å². The van der Waals surface area contributed by atoms with Crippen LogP contribution in [0, 0.1) is 0 Å². The van der Waals surface area contributed by atoms with Gasteiger partial charge >= 0.3 is 0 Å². The van der Waals surface area contributed by atoms with Crippen LogP contribution in [0.15, 0.2) is 12.4 Å². The van der Waals surface area contributed by atoms with Gasteiger partial charge in [-0.1, -0.05) is 19.8 Å². The maximum absolute atomic E-state index is 12.6. The summed E-state index contributed by atoms with van der Waals surface area (Å²) in [5.74, 6) is 1.64. The highest BCUT2D eigenvalue weighted by molar-refractivity contribution is 6.28. The minimum absolute atomic E-state index is 0.0194. The number of anilines is 4. The number of hydrogen-bond acceptors (Lipinski definition) is 8. The number of carbonyl (C=O) groups is 2. The second-order valence-corrected chi connectivity index (χ2v) is 9.35. The molecule has 1 fully saturated rings. The molecule has 0 unspecified atom stereocenters. The Morgan fingerprint density at radius 3 is 2.06 bits per heavy atom. The molecule has 4 heterocycles. The Morgan fingerprint density at radius 1 is 0.912 bits per heavy atom. The van der Waals surface area contributed by atoms with Crippen LogP contribution in [0.4, 0.5) is 23.0 Å². The minimum atomic E-state index is -0.137. The fourth-order valence-electron chi connectivity index (χ4n) is 4.74. The fourth-order valence-corrected chi connectivity index (χ4v) is 5.00. The molecule has 0 saturated heterocycles. The van der Waals surface area contributed by atoms with Gasteiger partial charge in [-0.15, -0.1) is 0 Å². The standard InChI is InChI=1S/C14H19ClN4O.C8H9ClN4O/c1-3-10-13(20)18(2)11-8-16-14(15)17-12(11)19(10)9-6-4-5-7-9;1-12-4-6(14)13(2)5-3-10-8(9)11-7(5)12/h8-10H,3-7H2,1-2H3;3H,4H2,1-2H3/t10-;/m1./s1. The van der Waals surface area contributed by atoms with Gasteiger partial charge in [-0.2, -0.15) is 9.97 Å². The van der Waals surface area contributed by atoms with Crippen LogP contribution in [0.3, 0.4) is 0 Å². The molecule has 34 heavy (non-hydrogen) atoms. The Labute approximate surface area is 208 Å². The Kier molecular flexibility index (Phi) is 7.09. The number of hydrogen-bond donors (Lipinski definition) is 0. The summed E-state index contributed by atoms with van der Waals surface area (Å²) >= 11 is 11.6. The van der Waals surface area contributed by atoms with Crippen LogP contribution in [-0.4, -0.2) is 71.5 Å². The molecule has 2 aromatic rings. The molecular formula is C22H28Cl2N8O2. The van der Waals surface area contributed by atoms with E-state index in [1.165, 1.54) is 17.7 Å². The third kappa shape index (κ3) is 4.48. The number of fused-ring (bicyclic) bond motifs is 2. The molecule has 0 N–H and O–H groups in total. The summed E-state index contributed by atoms with van der Waals surface area (Å²) < 4.78 is 0. The molecule has 5 rings (SSSR count). The number of aromatic nitrogens is 4. The first-order valence-corrected chi connectivity index (χ1v) is 12.1. The molecule has 1 atom stereocenters. The number of amides is 2.